The first kappa shape index (κ1) is 15.9. The van der Waals surface area contributed by atoms with Crippen LogP contribution in [-0.2, 0) is 19.5 Å². The number of ether oxygens (including phenoxy) is 1. The third kappa shape index (κ3) is 2.58. The lowest BCUT2D eigenvalue weighted by atomic mass is 10.2. The molecule has 1 N–H and O–H groups in total. The zero-order valence-corrected chi connectivity index (χ0v) is 14.1. The summed E-state index contributed by atoms with van der Waals surface area (Å²) in [6.07, 6.45) is 1.09. The molecule has 122 valence electrons. The van der Waals surface area contributed by atoms with Crippen LogP contribution in [0.4, 0.5) is 5.82 Å². The molecule has 0 radical (unpaired) electrons. The van der Waals surface area contributed by atoms with Crippen LogP contribution in [0.15, 0.2) is 6.07 Å². The minimum atomic E-state index is -3.46. The Balaban J connectivity index is 2.01. The minimum Gasteiger partial charge on any atom is -0.377 e. The van der Waals surface area contributed by atoms with Crippen molar-refractivity contribution in [2.45, 2.75) is 30.6 Å². The van der Waals surface area contributed by atoms with Crippen LogP contribution in [0.5, 0.6) is 0 Å². The lowest BCUT2D eigenvalue weighted by molar-refractivity contribution is 0.0985. The highest BCUT2D eigenvalue weighted by molar-refractivity contribution is 7.90. The van der Waals surface area contributed by atoms with Gasteiger partial charge in [-0.1, -0.05) is 0 Å². The molecule has 1 saturated carbocycles. The second-order valence-corrected chi connectivity index (χ2v) is 8.23. The molecule has 0 bridgehead atoms. The first-order chi connectivity index (χ1) is 10.4. The lowest BCUT2D eigenvalue weighted by Gasteiger charge is -2.34. The number of halogens is 1. The molecular formula is C13H19ClN4O3S. The molecule has 3 rings (SSSR count). The first-order valence-corrected chi connectivity index (χ1v) is 9.08. The number of anilines is 1. The maximum Gasteiger partial charge on any atom is 0.224 e. The van der Waals surface area contributed by atoms with Gasteiger partial charge >= 0.3 is 0 Å². The van der Waals surface area contributed by atoms with Crippen LogP contribution in [-0.4, -0.2) is 51.2 Å². The Kier molecular flexibility index (Phi) is 4.05. The Morgan fingerprint density at radius 2 is 2.18 bits per heavy atom. The van der Waals surface area contributed by atoms with Gasteiger partial charge in [0.25, 0.3) is 0 Å². The Hall–Kier alpha value is -0.960. The zero-order chi connectivity index (χ0) is 16.0. The monoisotopic (exact) mass is 346 g/mol. The number of hydrogen-bond donors (Lipinski definition) is 1. The minimum absolute atomic E-state index is 0.0729. The predicted octanol–water partition coefficient (Wildman–Crippen LogP) is 0.893. The summed E-state index contributed by atoms with van der Waals surface area (Å²) in [5.74, 6) is 0.656. The fourth-order valence-corrected chi connectivity index (χ4v) is 4.41. The van der Waals surface area contributed by atoms with E-state index >= 15 is 0 Å². The van der Waals surface area contributed by atoms with Crippen LogP contribution in [0, 0.1) is 0 Å². The van der Waals surface area contributed by atoms with E-state index < -0.39 is 14.8 Å². The fourth-order valence-electron chi connectivity index (χ4n) is 2.83. The molecule has 2 fully saturated rings. The van der Waals surface area contributed by atoms with Crippen molar-refractivity contribution in [1.29, 1.82) is 0 Å². The van der Waals surface area contributed by atoms with Crippen LogP contribution in [0.25, 0.3) is 0 Å². The average molecular weight is 347 g/mol. The number of nitrogens with one attached hydrogen (secondary N) is 1. The van der Waals surface area contributed by atoms with E-state index in [4.69, 9.17) is 16.3 Å². The van der Waals surface area contributed by atoms with Gasteiger partial charge in [-0.05, 0) is 38.4 Å². The molecule has 0 unspecified atom stereocenters. The highest BCUT2D eigenvalue weighted by Gasteiger charge is 2.57. The van der Waals surface area contributed by atoms with Gasteiger partial charge in [0, 0.05) is 12.6 Å². The summed E-state index contributed by atoms with van der Waals surface area (Å²) >= 11 is 6.05. The highest BCUT2D eigenvalue weighted by Crippen LogP contribution is 2.52. The maximum absolute atomic E-state index is 12.3. The van der Waals surface area contributed by atoms with Crippen molar-refractivity contribution in [3.63, 3.8) is 0 Å². The molecule has 1 aliphatic heterocycles. The molecule has 1 aliphatic carbocycles. The van der Waals surface area contributed by atoms with Gasteiger partial charge in [-0.3, -0.25) is 0 Å². The van der Waals surface area contributed by atoms with Crippen LogP contribution in [0.2, 0.25) is 5.28 Å². The molecule has 0 spiro atoms. The van der Waals surface area contributed by atoms with E-state index in [1.54, 1.807) is 6.07 Å². The second-order valence-electron chi connectivity index (χ2n) is 5.70. The third-order valence-electron chi connectivity index (χ3n) is 4.30. The van der Waals surface area contributed by atoms with Crippen molar-refractivity contribution in [3.8, 4) is 0 Å². The van der Waals surface area contributed by atoms with Crippen molar-refractivity contribution >= 4 is 27.4 Å². The van der Waals surface area contributed by atoms with Crippen molar-refractivity contribution < 1.29 is 13.2 Å². The van der Waals surface area contributed by atoms with Gasteiger partial charge in [0.1, 0.15) is 10.6 Å². The van der Waals surface area contributed by atoms with Gasteiger partial charge < -0.3 is 9.64 Å². The molecule has 22 heavy (non-hydrogen) atoms. The van der Waals surface area contributed by atoms with Crippen LogP contribution in [0.1, 0.15) is 25.5 Å². The first-order valence-electron chi connectivity index (χ1n) is 7.22. The van der Waals surface area contributed by atoms with Gasteiger partial charge in [0.15, 0.2) is 0 Å². The Morgan fingerprint density at radius 1 is 1.45 bits per heavy atom. The summed E-state index contributed by atoms with van der Waals surface area (Å²) in [6.45, 7) is 3.95. The molecule has 1 aromatic heterocycles. The Morgan fingerprint density at radius 3 is 2.77 bits per heavy atom. The second kappa shape index (κ2) is 5.59. The maximum atomic E-state index is 12.3. The number of morpholine rings is 1. The molecule has 1 saturated heterocycles. The molecule has 7 nitrogen and oxygen atoms in total. The molecule has 2 heterocycles. The smallest absolute Gasteiger partial charge is 0.224 e. The van der Waals surface area contributed by atoms with Gasteiger partial charge in [-0.25, -0.2) is 23.1 Å². The van der Waals surface area contributed by atoms with Crippen molar-refractivity contribution in [2.24, 2.45) is 0 Å². The quantitative estimate of drug-likeness (QED) is 0.815. The van der Waals surface area contributed by atoms with E-state index in [9.17, 15) is 8.42 Å². The largest absolute Gasteiger partial charge is 0.377 e. The Labute approximate surface area is 135 Å². The molecule has 0 aromatic carbocycles. The number of rotatable bonds is 4. The van der Waals surface area contributed by atoms with E-state index in [2.05, 4.69) is 19.6 Å². The summed E-state index contributed by atoms with van der Waals surface area (Å²) in [6, 6.07) is 1.90. The molecule has 2 aliphatic rings. The van der Waals surface area contributed by atoms with Crippen molar-refractivity contribution in [3.05, 3.63) is 17.0 Å². The van der Waals surface area contributed by atoms with Gasteiger partial charge in [-0.15, -0.1) is 0 Å². The third-order valence-corrected chi connectivity index (χ3v) is 6.65. The van der Waals surface area contributed by atoms with Gasteiger partial charge in [-0.2, -0.15) is 0 Å². The topological polar surface area (TPSA) is 84.4 Å². The van der Waals surface area contributed by atoms with Crippen molar-refractivity contribution in [2.75, 3.05) is 31.7 Å². The molecule has 9 heteroatoms. The van der Waals surface area contributed by atoms with Gasteiger partial charge in [0.05, 0.1) is 24.9 Å². The van der Waals surface area contributed by atoms with Gasteiger partial charge in [0.2, 0.25) is 15.3 Å². The van der Waals surface area contributed by atoms with E-state index in [-0.39, 0.29) is 11.3 Å². The standard InChI is InChI=1S/C13H19ClN4O3S/c1-9-8-21-6-5-18(9)11-7-10(16-12(14)17-11)13(3-4-13)22(19,20)15-2/h7,9,15H,3-6,8H2,1-2H3/t9-/m1/s1. The summed E-state index contributed by atoms with van der Waals surface area (Å²) < 4.78 is 31.5. The SMILES string of the molecule is CNS(=O)(=O)C1(c2cc(N3CCOC[C@H]3C)nc(Cl)n2)CC1. The van der Waals surface area contributed by atoms with Crippen LogP contribution in [0.3, 0.4) is 0 Å². The number of aromatic nitrogens is 2. The highest BCUT2D eigenvalue weighted by atomic mass is 35.5. The van der Waals surface area contributed by atoms with E-state index in [0.29, 0.717) is 44.1 Å². The van der Waals surface area contributed by atoms with E-state index in [0.717, 1.165) is 0 Å². The lowest BCUT2D eigenvalue weighted by Crippen LogP contribution is -2.44. The summed E-state index contributed by atoms with van der Waals surface area (Å²) in [7, 11) is -2.04. The number of sulfonamides is 1. The predicted molar refractivity (Wildman–Crippen MR) is 83.6 cm³/mol. The summed E-state index contributed by atoms with van der Waals surface area (Å²) in [4.78, 5) is 10.5. The molecule has 1 aromatic rings. The Bertz CT molecular complexity index is 678. The molecule has 1 atom stereocenters. The van der Waals surface area contributed by atoms with Crippen LogP contribution < -0.4 is 9.62 Å². The number of nitrogens with zero attached hydrogens (tertiary/aromatic N) is 3. The molecule has 0 amide bonds. The number of hydrogen-bond acceptors (Lipinski definition) is 6. The van der Waals surface area contributed by atoms with E-state index in [1.807, 2.05) is 6.92 Å². The zero-order valence-electron chi connectivity index (χ0n) is 12.5. The van der Waals surface area contributed by atoms with E-state index in [1.165, 1.54) is 7.05 Å². The fraction of sp³-hybridized carbons (Fsp3) is 0.692. The summed E-state index contributed by atoms with van der Waals surface area (Å²) in [5.41, 5.74) is 0.468. The van der Waals surface area contributed by atoms with Crippen molar-refractivity contribution in [1.82, 2.24) is 14.7 Å². The van der Waals surface area contributed by atoms with Crippen LogP contribution >= 0.6 is 11.6 Å². The summed E-state index contributed by atoms with van der Waals surface area (Å²) in [5, 5.41) is 0.0729. The molecular weight excluding hydrogens is 328 g/mol. The average Bonchev–Trinajstić information content (AvgIpc) is 3.29. The normalized spacial score (nSPS) is 24.3.